The van der Waals surface area contributed by atoms with Gasteiger partial charge in [-0.2, -0.15) is 0 Å². The molecule has 7 nitrogen and oxygen atoms in total. The van der Waals surface area contributed by atoms with E-state index in [-0.39, 0.29) is 24.3 Å². The van der Waals surface area contributed by atoms with Crippen LogP contribution >= 0.6 is 0 Å². The monoisotopic (exact) mass is 348 g/mol. The van der Waals surface area contributed by atoms with Crippen LogP contribution in [0.5, 0.6) is 0 Å². The second-order valence-electron chi connectivity index (χ2n) is 6.19. The Hall–Kier alpha value is -2.25. The van der Waals surface area contributed by atoms with Crippen LogP contribution in [0, 0.1) is 0 Å². The highest BCUT2D eigenvalue weighted by Crippen LogP contribution is 2.13. The van der Waals surface area contributed by atoms with Crippen LogP contribution < -0.4 is 0 Å². The number of ether oxygens (including phenoxy) is 1. The van der Waals surface area contributed by atoms with Gasteiger partial charge in [-0.05, 0) is 19.2 Å². The van der Waals surface area contributed by atoms with Crippen molar-refractivity contribution in [1.82, 2.24) is 9.80 Å². The summed E-state index contributed by atoms with van der Waals surface area (Å²) in [7, 11) is 1.71. The maximum atomic E-state index is 12.6. The molecule has 1 aliphatic heterocycles. The van der Waals surface area contributed by atoms with Crippen molar-refractivity contribution in [3.63, 3.8) is 0 Å². The summed E-state index contributed by atoms with van der Waals surface area (Å²) in [5.74, 6) is -0.954. The van der Waals surface area contributed by atoms with Crippen molar-refractivity contribution < 1.29 is 24.2 Å². The number of carbonyl (C=O) groups excluding carboxylic acids is 2. The summed E-state index contributed by atoms with van der Waals surface area (Å²) >= 11 is 0. The van der Waals surface area contributed by atoms with Crippen LogP contribution in [0.15, 0.2) is 24.3 Å². The van der Waals surface area contributed by atoms with Gasteiger partial charge in [-0.25, -0.2) is 0 Å². The molecule has 0 saturated carbocycles. The van der Waals surface area contributed by atoms with Crippen molar-refractivity contribution in [3.05, 3.63) is 35.4 Å². The lowest BCUT2D eigenvalue weighted by Crippen LogP contribution is -2.49. The van der Waals surface area contributed by atoms with Gasteiger partial charge in [-0.3, -0.25) is 19.3 Å². The molecule has 0 aliphatic carbocycles. The van der Waals surface area contributed by atoms with E-state index in [2.05, 4.69) is 0 Å². The van der Waals surface area contributed by atoms with E-state index >= 15 is 0 Å². The molecule has 0 aromatic heterocycles. The molecule has 136 valence electrons. The highest BCUT2D eigenvalue weighted by molar-refractivity contribution is 5.98. The van der Waals surface area contributed by atoms with Gasteiger partial charge in [0, 0.05) is 37.2 Å². The summed E-state index contributed by atoms with van der Waals surface area (Å²) in [4.78, 5) is 38.4. The molecule has 1 aliphatic rings. The Morgan fingerprint density at radius 3 is 2.48 bits per heavy atom. The minimum Gasteiger partial charge on any atom is -0.480 e. The number of carboxylic acids is 1. The number of Topliss-reactive ketones (excluding diaryl/α,β-unsaturated/α-hetero) is 1. The molecule has 0 spiro atoms. The van der Waals surface area contributed by atoms with Gasteiger partial charge in [0.25, 0.3) is 5.91 Å². The Bertz CT molecular complexity index is 629. The minimum atomic E-state index is -0.895. The number of hydrogen-bond acceptors (Lipinski definition) is 5. The van der Waals surface area contributed by atoms with Crippen molar-refractivity contribution in [3.8, 4) is 0 Å². The average Bonchev–Trinajstić information content (AvgIpc) is 2.60. The third-order valence-electron chi connectivity index (χ3n) is 4.12. The van der Waals surface area contributed by atoms with Gasteiger partial charge in [-0.1, -0.05) is 19.1 Å². The summed E-state index contributed by atoms with van der Waals surface area (Å²) in [5, 5.41) is 8.81. The van der Waals surface area contributed by atoms with Crippen molar-refractivity contribution in [2.75, 3.05) is 39.8 Å². The number of carboxylic acid groups (broad SMARTS) is 1. The number of hydrogen-bond donors (Lipinski definition) is 1. The first-order valence-electron chi connectivity index (χ1n) is 8.35. The van der Waals surface area contributed by atoms with Crippen LogP contribution in [-0.2, 0) is 9.53 Å². The van der Waals surface area contributed by atoms with Crippen LogP contribution in [0.2, 0.25) is 0 Å². The summed E-state index contributed by atoms with van der Waals surface area (Å²) in [6.07, 6.45) is 0.213. The van der Waals surface area contributed by atoms with E-state index in [0.29, 0.717) is 43.8 Å². The number of rotatable bonds is 7. The SMILES string of the molecule is CCC(=O)c1ccc(C(=O)N2CCOC(CN(C)CC(=O)O)C2)cc1. The second kappa shape index (κ2) is 8.73. The van der Waals surface area contributed by atoms with Gasteiger partial charge in [0.05, 0.1) is 19.3 Å². The smallest absolute Gasteiger partial charge is 0.317 e. The highest BCUT2D eigenvalue weighted by Gasteiger charge is 2.26. The molecule has 2 rings (SSSR count). The number of amides is 1. The summed E-state index contributed by atoms with van der Waals surface area (Å²) in [6.45, 7) is 3.51. The second-order valence-corrected chi connectivity index (χ2v) is 6.19. The van der Waals surface area contributed by atoms with E-state index in [1.807, 2.05) is 0 Å². The van der Waals surface area contributed by atoms with Crippen molar-refractivity contribution in [2.24, 2.45) is 0 Å². The molecule has 1 N–H and O–H groups in total. The first-order valence-corrected chi connectivity index (χ1v) is 8.35. The zero-order valence-electron chi connectivity index (χ0n) is 14.6. The van der Waals surface area contributed by atoms with Crippen LogP contribution in [0.4, 0.5) is 0 Å². The zero-order valence-corrected chi connectivity index (χ0v) is 14.6. The number of ketones is 1. The first-order chi connectivity index (χ1) is 11.9. The van der Waals surface area contributed by atoms with Gasteiger partial charge in [0.15, 0.2) is 5.78 Å². The fourth-order valence-corrected chi connectivity index (χ4v) is 2.84. The number of benzene rings is 1. The van der Waals surface area contributed by atoms with E-state index in [1.165, 1.54) is 0 Å². The quantitative estimate of drug-likeness (QED) is 0.744. The molecule has 1 unspecified atom stereocenters. The molecule has 1 fully saturated rings. The molecule has 1 saturated heterocycles. The van der Waals surface area contributed by atoms with Gasteiger partial charge >= 0.3 is 5.97 Å². The Labute approximate surface area is 147 Å². The third kappa shape index (κ3) is 5.37. The molecule has 1 aromatic carbocycles. The van der Waals surface area contributed by atoms with Crippen molar-refractivity contribution in [2.45, 2.75) is 19.4 Å². The Morgan fingerprint density at radius 2 is 1.88 bits per heavy atom. The fourth-order valence-electron chi connectivity index (χ4n) is 2.84. The average molecular weight is 348 g/mol. The van der Waals surface area contributed by atoms with Crippen LogP contribution in [0.1, 0.15) is 34.1 Å². The molecule has 25 heavy (non-hydrogen) atoms. The lowest BCUT2D eigenvalue weighted by atomic mass is 10.1. The lowest BCUT2D eigenvalue weighted by molar-refractivity contribution is -0.138. The van der Waals surface area contributed by atoms with E-state index < -0.39 is 5.97 Å². The summed E-state index contributed by atoms with van der Waals surface area (Å²) in [5.41, 5.74) is 1.14. The molecule has 1 heterocycles. The Morgan fingerprint density at radius 1 is 1.24 bits per heavy atom. The van der Waals surface area contributed by atoms with Gasteiger partial charge < -0.3 is 14.7 Å². The van der Waals surface area contributed by atoms with Crippen LogP contribution in [0.25, 0.3) is 0 Å². The number of aliphatic carboxylic acids is 1. The normalized spacial score (nSPS) is 17.6. The predicted molar refractivity (Wildman–Crippen MR) is 91.8 cm³/mol. The van der Waals surface area contributed by atoms with Crippen molar-refractivity contribution >= 4 is 17.7 Å². The highest BCUT2D eigenvalue weighted by atomic mass is 16.5. The van der Waals surface area contributed by atoms with Gasteiger partial charge in [0.1, 0.15) is 0 Å². The Balaban J connectivity index is 1.97. The van der Waals surface area contributed by atoms with E-state index in [1.54, 1.807) is 48.0 Å². The van der Waals surface area contributed by atoms with Crippen LogP contribution in [-0.4, -0.2) is 78.5 Å². The topological polar surface area (TPSA) is 87.2 Å². The summed E-state index contributed by atoms with van der Waals surface area (Å²) < 4.78 is 5.64. The van der Waals surface area contributed by atoms with Gasteiger partial charge in [0.2, 0.25) is 0 Å². The number of morpholine rings is 1. The molecule has 7 heteroatoms. The Kier molecular flexibility index (Phi) is 6.66. The molecule has 1 atom stereocenters. The van der Waals surface area contributed by atoms with Crippen molar-refractivity contribution in [1.29, 1.82) is 0 Å². The van der Waals surface area contributed by atoms with Crippen LogP contribution in [0.3, 0.4) is 0 Å². The number of carbonyl (C=O) groups is 3. The maximum absolute atomic E-state index is 12.6. The van der Waals surface area contributed by atoms with E-state index in [0.717, 1.165) is 0 Å². The fraction of sp³-hybridized carbons (Fsp3) is 0.500. The molecule has 0 bridgehead atoms. The zero-order chi connectivity index (χ0) is 18.4. The molecule has 1 amide bonds. The molecule has 1 aromatic rings. The summed E-state index contributed by atoms with van der Waals surface area (Å²) in [6, 6.07) is 6.70. The number of nitrogens with zero attached hydrogens (tertiary/aromatic N) is 2. The lowest BCUT2D eigenvalue weighted by Gasteiger charge is -2.34. The molecule has 0 radical (unpaired) electrons. The molecular weight excluding hydrogens is 324 g/mol. The predicted octanol–water partition coefficient (Wildman–Crippen LogP) is 1.14. The number of likely N-dealkylation sites (N-methyl/N-ethyl adjacent to an activating group) is 1. The maximum Gasteiger partial charge on any atom is 0.317 e. The minimum absolute atomic E-state index is 0.0481. The first kappa shape index (κ1) is 19.1. The van der Waals surface area contributed by atoms with E-state index in [9.17, 15) is 14.4 Å². The van der Waals surface area contributed by atoms with Gasteiger partial charge in [-0.15, -0.1) is 0 Å². The largest absolute Gasteiger partial charge is 0.480 e. The third-order valence-corrected chi connectivity index (χ3v) is 4.12. The molecular formula is C18H24N2O5. The van der Waals surface area contributed by atoms with E-state index in [4.69, 9.17) is 9.84 Å². The standard InChI is InChI=1S/C18H24N2O5/c1-3-16(21)13-4-6-14(7-5-13)18(24)20-8-9-25-15(11-20)10-19(2)12-17(22)23/h4-7,15H,3,8-12H2,1-2H3,(H,22,23).